The number of hydrogen-bond acceptors (Lipinski definition) is 2. The van der Waals surface area contributed by atoms with Crippen molar-refractivity contribution in [2.75, 3.05) is 0 Å². The number of rotatable bonds is 0. The fraction of sp³-hybridized carbons (Fsp3) is 0.250. The number of aryl methyl sites for hydroxylation is 2. The standard InChI is InChI=1S/C8H7BrClN3/c1-4-3-5-6(7(10)11-4)12-8(9)13(5)2/h3H,1-2H3. The highest BCUT2D eigenvalue weighted by Gasteiger charge is 2.09. The summed E-state index contributed by atoms with van der Waals surface area (Å²) in [7, 11) is 1.93. The highest BCUT2D eigenvalue weighted by molar-refractivity contribution is 9.10. The van der Waals surface area contributed by atoms with Gasteiger partial charge in [-0.2, -0.15) is 0 Å². The molecule has 2 aromatic heterocycles. The second-order valence-corrected chi connectivity index (χ2v) is 3.93. The third-order valence-corrected chi connectivity index (χ3v) is 2.87. The molecule has 2 heterocycles. The molecule has 2 rings (SSSR count). The molecular formula is C8H7BrClN3. The van der Waals surface area contributed by atoms with E-state index in [0.717, 1.165) is 21.5 Å². The number of pyridine rings is 1. The van der Waals surface area contributed by atoms with Crippen LogP contribution < -0.4 is 0 Å². The minimum absolute atomic E-state index is 0.455. The molecule has 0 saturated carbocycles. The van der Waals surface area contributed by atoms with Gasteiger partial charge in [-0.3, -0.25) is 0 Å². The first-order valence-electron chi connectivity index (χ1n) is 3.74. The van der Waals surface area contributed by atoms with Crippen LogP contribution in [0.3, 0.4) is 0 Å². The van der Waals surface area contributed by atoms with Crippen molar-refractivity contribution >= 4 is 38.6 Å². The van der Waals surface area contributed by atoms with Crippen LogP contribution in [0, 0.1) is 6.92 Å². The van der Waals surface area contributed by atoms with Gasteiger partial charge in [-0.1, -0.05) is 11.6 Å². The van der Waals surface area contributed by atoms with Crippen LogP contribution in [0.5, 0.6) is 0 Å². The van der Waals surface area contributed by atoms with Gasteiger partial charge in [-0.25, -0.2) is 9.97 Å². The highest BCUT2D eigenvalue weighted by Crippen LogP contribution is 2.24. The summed E-state index contributed by atoms with van der Waals surface area (Å²) in [6.07, 6.45) is 0. The van der Waals surface area contributed by atoms with Gasteiger partial charge in [0.1, 0.15) is 5.52 Å². The summed E-state index contributed by atoms with van der Waals surface area (Å²) in [6, 6.07) is 1.96. The van der Waals surface area contributed by atoms with Crippen molar-refractivity contribution in [3.8, 4) is 0 Å². The van der Waals surface area contributed by atoms with Gasteiger partial charge in [0, 0.05) is 12.7 Å². The van der Waals surface area contributed by atoms with E-state index in [9.17, 15) is 0 Å². The Morgan fingerprint density at radius 1 is 1.46 bits per heavy atom. The maximum Gasteiger partial charge on any atom is 0.177 e. The average molecular weight is 261 g/mol. The topological polar surface area (TPSA) is 30.7 Å². The zero-order chi connectivity index (χ0) is 9.59. The van der Waals surface area contributed by atoms with Crippen LogP contribution in [0.25, 0.3) is 11.0 Å². The van der Waals surface area contributed by atoms with Crippen LogP contribution >= 0.6 is 27.5 Å². The normalized spacial score (nSPS) is 11.1. The van der Waals surface area contributed by atoms with Crippen LogP contribution in [-0.2, 0) is 7.05 Å². The molecule has 68 valence electrons. The predicted octanol–water partition coefficient (Wildman–Crippen LogP) is 2.69. The van der Waals surface area contributed by atoms with Gasteiger partial charge in [0.2, 0.25) is 0 Å². The van der Waals surface area contributed by atoms with Gasteiger partial charge in [-0.15, -0.1) is 0 Å². The molecule has 5 heteroatoms. The molecule has 2 aromatic rings. The van der Waals surface area contributed by atoms with Crippen molar-refractivity contribution in [2.45, 2.75) is 6.92 Å². The molecule has 3 nitrogen and oxygen atoms in total. The molecule has 0 radical (unpaired) electrons. The van der Waals surface area contributed by atoms with Gasteiger partial charge in [-0.05, 0) is 28.9 Å². The first-order chi connectivity index (χ1) is 6.09. The number of imidazole rings is 1. The van der Waals surface area contributed by atoms with Crippen LogP contribution in [0.4, 0.5) is 0 Å². The largest absolute Gasteiger partial charge is 0.322 e. The summed E-state index contributed by atoms with van der Waals surface area (Å²) in [5.41, 5.74) is 2.62. The summed E-state index contributed by atoms with van der Waals surface area (Å²) >= 11 is 9.27. The van der Waals surface area contributed by atoms with E-state index in [-0.39, 0.29) is 0 Å². The maximum atomic E-state index is 5.94. The summed E-state index contributed by atoms with van der Waals surface area (Å²) in [6.45, 7) is 1.91. The first kappa shape index (κ1) is 8.97. The molecule has 0 aliphatic heterocycles. The molecule has 0 fully saturated rings. The first-order valence-corrected chi connectivity index (χ1v) is 4.92. The number of aromatic nitrogens is 3. The molecule has 0 atom stereocenters. The van der Waals surface area contributed by atoms with Crippen molar-refractivity contribution in [3.05, 3.63) is 21.6 Å². The maximum absolute atomic E-state index is 5.94. The Hall–Kier alpha value is -0.610. The van der Waals surface area contributed by atoms with Crippen molar-refractivity contribution in [2.24, 2.45) is 7.05 Å². The SMILES string of the molecule is Cc1cc2c(nc(Br)n2C)c(Cl)n1. The lowest BCUT2D eigenvalue weighted by atomic mass is 10.3. The van der Waals surface area contributed by atoms with Crippen molar-refractivity contribution < 1.29 is 0 Å². The lowest BCUT2D eigenvalue weighted by molar-refractivity contribution is 0.911. The Morgan fingerprint density at radius 3 is 2.85 bits per heavy atom. The summed E-state index contributed by atoms with van der Waals surface area (Å²) in [5, 5.41) is 0.455. The molecule has 0 amide bonds. The van der Waals surface area contributed by atoms with E-state index in [1.165, 1.54) is 0 Å². The number of hydrogen-bond donors (Lipinski definition) is 0. The van der Waals surface area contributed by atoms with Crippen LogP contribution in [0.15, 0.2) is 10.8 Å². The quantitative estimate of drug-likeness (QED) is 0.682. The monoisotopic (exact) mass is 259 g/mol. The summed E-state index contributed by atoms with van der Waals surface area (Å²) in [4.78, 5) is 8.36. The minimum Gasteiger partial charge on any atom is -0.322 e. The number of nitrogens with zero attached hydrogens (tertiary/aromatic N) is 3. The third kappa shape index (κ3) is 1.34. The molecule has 0 aliphatic carbocycles. The van der Waals surface area contributed by atoms with E-state index >= 15 is 0 Å². The van der Waals surface area contributed by atoms with Crippen molar-refractivity contribution in [3.63, 3.8) is 0 Å². The van der Waals surface area contributed by atoms with Crippen LogP contribution in [0.2, 0.25) is 5.15 Å². The molecule has 0 aromatic carbocycles. The molecule has 0 bridgehead atoms. The van der Waals surface area contributed by atoms with Gasteiger partial charge in [0.05, 0.1) is 5.52 Å². The summed E-state index contributed by atoms with van der Waals surface area (Å²) < 4.78 is 2.69. The van der Waals surface area contributed by atoms with Gasteiger partial charge in [0.25, 0.3) is 0 Å². The van der Waals surface area contributed by atoms with Crippen molar-refractivity contribution in [1.82, 2.24) is 14.5 Å². The molecule has 0 spiro atoms. The smallest absolute Gasteiger partial charge is 0.177 e. The van der Waals surface area contributed by atoms with Gasteiger partial charge >= 0.3 is 0 Å². The van der Waals surface area contributed by atoms with Gasteiger partial charge < -0.3 is 4.57 Å². The van der Waals surface area contributed by atoms with E-state index in [1.807, 2.05) is 24.6 Å². The highest BCUT2D eigenvalue weighted by atomic mass is 79.9. The molecule has 0 unspecified atom stereocenters. The van der Waals surface area contributed by atoms with Crippen LogP contribution in [0.1, 0.15) is 5.69 Å². The molecule has 0 saturated heterocycles. The average Bonchev–Trinajstić information content (AvgIpc) is 2.32. The second kappa shape index (κ2) is 2.96. The Balaban J connectivity index is 2.94. The molecule has 0 aliphatic rings. The van der Waals surface area contributed by atoms with E-state index in [0.29, 0.717) is 5.15 Å². The van der Waals surface area contributed by atoms with Gasteiger partial charge in [0.15, 0.2) is 9.89 Å². The lowest BCUT2D eigenvalue weighted by Crippen LogP contribution is -1.89. The van der Waals surface area contributed by atoms with E-state index in [4.69, 9.17) is 11.6 Å². The molecular weight excluding hydrogens is 253 g/mol. The van der Waals surface area contributed by atoms with E-state index < -0.39 is 0 Å². The Morgan fingerprint density at radius 2 is 2.15 bits per heavy atom. The Labute approximate surface area is 88.9 Å². The number of fused-ring (bicyclic) bond motifs is 1. The molecule has 13 heavy (non-hydrogen) atoms. The lowest BCUT2D eigenvalue weighted by Gasteiger charge is -1.97. The Kier molecular flexibility index (Phi) is 2.04. The van der Waals surface area contributed by atoms with Crippen molar-refractivity contribution in [1.29, 1.82) is 0 Å². The second-order valence-electron chi connectivity index (χ2n) is 2.86. The predicted molar refractivity (Wildman–Crippen MR) is 56.0 cm³/mol. The fourth-order valence-corrected chi connectivity index (χ4v) is 1.88. The molecule has 0 N–H and O–H groups in total. The van der Waals surface area contributed by atoms with E-state index in [2.05, 4.69) is 25.9 Å². The Bertz CT molecular complexity index is 478. The third-order valence-electron chi connectivity index (χ3n) is 1.90. The van der Waals surface area contributed by atoms with Crippen LogP contribution in [-0.4, -0.2) is 14.5 Å². The minimum atomic E-state index is 0.455. The zero-order valence-corrected chi connectivity index (χ0v) is 9.52. The summed E-state index contributed by atoms with van der Waals surface area (Å²) in [5.74, 6) is 0. The zero-order valence-electron chi connectivity index (χ0n) is 7.17. The fourth-order valence-electron chi connectivity index (χ4n) is 1.24. The van der Waals surface area contributed by atoms with E-state index in [1.54, 1.807) is 0 Å². The number of halogens is 2.